The van der Waals surface area contributed by atoms with Crippen LogP contribution in [0.5, 0.6) is 5.75 Å². The normalized spacial score (nSPS) is 11.6. The van der Waals surface area contributed by atoms with E-state index in [1.54, 1.807) is 12.4 Å². The zero-order chi connectivity index (χ0) is 18.2. The van der Waals surface area contributed by atoms with E-state index in [-0.39, 0.29) is 11.8 Å². The second kappa shape index (κ2) is 8.81. The lowest BCUT2D eigenvalue weighted by molar-refractivity contribution is -0.117. The number of amides is 1. The Morgan fingerprint density at radius 1 is 1.00 bits per heavy atom. The van der Waals surface area contributed by atoms with E-state index in [0.717, 1.165) is 11.1 Å². The highest BCUT2D eigenvalue weighted by atomic mass is 16.5. The van der Waals surface area contributed by atoms with Crippen molar-refractivity contribution >= 4 is 11.6 Å². The van der Waals surface area contributed by atoms with Gasteiger partial charge in [-0.3, -0.25) is 9.78 Å². The summed E-state index contributed by atoms with van der Waals surface area (Å²) in [5.74, 6) is 0.326. The quantitative estimate of drug-likeness (QED) is 0.688. The van der Waals surface area contributed by atoms with Crippen molar-refractivity contribution in [2.45, 2.75) is 19.3 Å². The Kier molecular flexibility index (Phi) is 5.99. The summed E-state index contributed by atoms with van der Waals surface area (Å²) < 4.78 is 5.62. The maximum Gasteiger partial charge on any atom is 0.232 e. The van der Waals surface area contributed by atoms with Crippen LogP contribution < -0.4 is 10.1 Å². The van der Waals surface area contributed by atoms with Crippen LogP contribution in [0.2, 0.25) is 0 Å². The number of hydrogen-bond acceptors (Lipinski definition) is 3. The van der Waals surface area contributed by atoms with E-state index in [4.69, 9.17) is 4.74 Å². The van der Waals surface area contributed by atoms with Crippen molar-refractivity contribution in [3.8, 4) is 5.75 Å². The zero-order valence-corrected chi connectivity index (χ0v) is 14.8. The number of carbonyl (C=O) groups excluding carboxylic acids is 1. The predicted octanol–water partition coefficient (Wildman–Crippen LogP) is 4.45. The van der Waals surface area contributed by atoms with Gasteiger partial charge in [0.2, 0.25) is 5.91 Å². The summed E-state index contributed by atoms with van der Waals surface area (Å²) in [7, 11) is 0. The van der Waals surface area contributed by atoms with E-state index in [9.17, 15) is 4.79 Å². The molecule has 0 radical (unpaired) electrons. The van der Waals surface area contributed by atoms with Gasteiger partial charge in [-0.25, -0.2) is 0 Å². The summed E-state index contributed by atoms with van der Waals surface area (Å²) in [6.07, 6.45) is 4.11. The largest absolute Gasteiger partial charge is 0.492 e. The number of hydrogen-bond donors (Lipinski definition) is 1. The maximum atomic E-state index is 13.1. The molecule has 0 bridgehead atoms. The molecule has 4 nitrogen and oxygen atoms in total. The Bertz CT molecular complexity index is 835. The summed E-state index contributed by atoms with van der Waals surface area (Å²) in [6, 6.07) is 21.2. The van der Waals surface area contributed by atoms with E-state index in [1.807, 2.05) is 73.7 Å². The number of ether oxygens (including phenoxy) is 1. The van der Waals surface area contributed by atoms with Crippen LogP contribution in [-0.2, 0) is 11.2 Å². The highest BCUT2D eigenvalue weighted by molar-refractivity contribution is 5.97. The molecule has 4 heteroatoms. The van der Waals surface area contributed by atoms with Crippen molar-refractivity contribution in [1.29, 1.82) is 0 Å². The molecule has 0 fully saturated rings. The molecule has 1 amide bonds. The van der Waals surface area contributed by atoms with Gasteiger partial charge in [-0.2, -0.15) is 0 Å². The first kappa shape index (κ1) is 17.7. The van der Waals surface area contributed by atoms with Crippen molar-refractivity contribution < 1.29 is 9.53 Å². The summed E-state index contributed by atoms with van der Waals surface area (Å²) in [4.78, 5) is 17.1. The second-order valence-corrected chi connectivity index (χ2v) is 5.94. The number of benzene rings is 2. The predicted molar refractivity (Wildman–Crippen MR) is 103 cm³/mol. The Morgan fingerprint density at radius 3 is 2.42 bits per heavy atom. The monoisotopic (exact) mass is 346 g/mol. The van der Waals surface area contributed by atoms with Crippen LogP contribution in [0.4, 0.5) is 5.69 Å². The smallest absolute Gasteiger partial charge is 0.232 e. The van der Waals surface area contributed by atoms with Gasteiger partial charge in [0.25, 0.3) is 0 Å². The molecule has 0 aliphatic heterocycles. The number of para-hydroxylation sites is 2. The highest BCUT2D eigenvalue weighted by Gasteiger charge is 2.22. The fourth-order valence-electron chi connectivity index (χ4n) is 2.87. The third-order valence-electron chi connectivity index (χ3n) is 4.15. The molecule has 1 heterocycles. The van der Waals surface area contributed by atoms with Gasteiger partial charge in [0.15, 0.2) is 0 Å². The number of rotatable bonds is 7. The molecule has 2 aromatic carbocycles. The third-order valence-corrected chi connectivity index (χ3v) is 4.15. The highest BCUT2D eigenvalue weighted by Crippen LogP contribution is 2.27. The number of anilines is 1. The molecule has 3 rings (SSSR count). The molecule has 0 aliphatic carbocycles. The molecule has 132 valence electrons. The van der Waals surface area contributed by atoms with Crippen LogP contribution >= 0.6 is 0 Å². The zero-order valence-electron chi connectivity index (χ0n) is 14.8. The first-order valence-electron chi connectivity index (χ1n) is 8.74. The third kappa shape index (κ3) is 4.48. The fourth-order valence-corrected chi connectivity index (χ4v) is 2.87. The molecular formula is C22H22N2O2. The van der Waals surface area contributed by atoms with Gasteiger partial charge in [-0.1, -0.05) is 42.5 Å². The SMILES string of the molecule is CCOc1ccccc1NC(=O)C(Cc1ccncc1)c1ccccc1. The van der Waals surface area contributed by atoms with Crippen LogP contribution in [0.1, 0.15) is 24.0 Å². The number of pyridine rings is 1. The molecule has 1 atom stereocenters. The minimum atomic E-state index is -0.298. The van der Waals surface area contributed by atoms with E-state index in [0.29, 0.717) is 24.5 Å². The van der Waals surface area contributed by atoms with Gasteiger partial charge in [0, 0.05) is 12.4 Å². The molecule has 3 aromatic rings. The van der Waals surface area contributed by atoms with Crippen molar-refractivity contribution in [2.24, 2.45) is 0 Å². The van der Waals surface area contributed by atoms with E-state index in [2.05, 4.69) is 10.3 Å². The summed E-state index contributed by atoms with van der Waals surface area (Å²) in [5, 5.41) is 3.03. The van der Waals surface area contributed by atoms with Gasteiger partial charge in [0.1, 0.15) is 5.75 Å². The van der Waals surface area contributed by atoms with Crippen LogP contribution in [0.3, 0.4) is 0 Å². The van der Waals surface area contributed by atoms with Crippen LogP contribution in [0, 0.1) is 0 Å². The average molecular weight is 346 g/mol. The number of nitrogens with one attached hydrogen (secondary N) is 1. The van der Waals surface area contributed by atoms with Crippen LogP contribution in [0.25, 0.3) is 0 Å². The van der Waals surface area contributed by atoms with E-state index >= 15 is 0 Å². The molecule has 0 saturated carbocycles. The van der Waals surface area contributed by atoms with Crippen molar-refractivity contribution in [3.05, 3.63) is 90.3 Å². The standard InChI is InChI=1S/C22H22N2O2/c1-2-26-21-11-7-6-10-20(21)24-22(25)19(18-8-4-3-5-9-18)16-17-12-14-23-15-13-17/h3-15,19H,2,16H2,1H3,(H,24,25). The molecule has 1 N–H and O–H groups in total. The lowest BCUT2D eigenvalue weighted by atomic mass is 9.91. The number of nitrogens with zero attached hydrogens (tertiary/aromatic N) is 1. The van der Waals surface area contributed by atoms with Crippen LogP contribution in [0.15, 0.2) is 79.1 Å². The minimum Gasteiger partial charge on any atom is -0.492 e. The second-order valence-electron chi connectivity index (χ2n) is 5.94. The van der Waals surface area contributed by atoms with Gasteiger partial charge in [-0.15, -0.1) is 0 Å². The van der Waals surface area contributed by atoms with E-state index in [1.165, 1.54) is 0 Å². The summed E-state index contributed by atoms with van der Waals surface area (Å²) in [5.41, 5.74) is 2.74. The minimum absolute atomic E-state index is 0.0554. The Morgan fingerprint density at radius 2 is 1.69 bits per heavy atom. The van der Waals surface area contributed by atoms with Gasteiger partial charge >= 0.3 is 0 Å². The van der Waals surface area contributed by atoms with E-state index < -0.39 is 0 Å². The first-order chi connectivity index (χ1) is 12.8. The maximum absolute atomic E-state index is 13.1. The van der Waals surface area contributed by atoms with Crippen molar-refractivity contribution in [1.82, 2.24) is 4.98 Å². The fraction of sp³-hybridized carbons (Fsp3) is 0.182. The molecule has 1 unspecified atom stereocenters. The van der Waals surface area contributed by atoms with Crippen LogP contribution in [-0.4, -0.2) is 17.5 Å². The lowest BCUT2D eigenvalue weighted by Gasteiger charge is -2.19. The number of carbonyl (C=O) groups is 1. The number of aromatic nitrogens is 1. The Balaban J connectivity index is 1.86. The topological polar surface area (TPSA) is 51.2 Å². The molecule has 0 saturated heterocycles. The first-order valence-corrected chi connectivity index (χ1v) is 8.74. The molecule has 0 aliphatic rings. The average Bonchev–Trinajstić information content (AvgIpc) is 2.69. The molecular weight excluding hydrogens is 324 g/mol. The van der Waals surface area contributed by atoms with Crippen molar-refractivity contribution in [2.75, 3.05) is 11.9 Å². The molecule has 0 spiro atoms. The lowest BCUT2D eigenvalue weighted by Crippen LogP contribution is -2.23. The van der Waals surface area contributed by atoms with Gasteiger partial charge in [-0.05, 0) is 48.7 Å². The van der Waals surface area contributed by atoms with Gasteiger partial charge in [0.05, 0.1) is 18.2 Å². The van der Waals surface area contributed by atoms with Gasteiger partial charge < -0.3 is 10.1 Å². The Labute approximate surface area is 153 Å². The molecule has 26 heavy (non-hydrogen) atoms. The summed E-state index contributed by atoms with van der Waals surface area (Å²) >= 11 is 0. The molecule has 1 aromatic heterocycles. The van der Waals surface area contributed by atoms with Crippen molar-refractivity contribution in [3.63, 3.8) is 0 Å². The Hall–Kier alpha value is -3.14. The summed E-state index contributed by atoms with van der Waals surface area (Å²) in [6.45, 7) is 2.47.